The van der Waals surface area contributed by atoms with Crippen molar-refractivity contribution in [2.45, 2.75) is 33.8 Å². The van der Waals surface area contributed by atoms with Gasteiger partial charge in [-0.3, -0.25) is 4.90 Å². The van der Waals surface area contributed by atoms with Gasteiger partial charge in [-0.05, 0) is 27.3 Å². The van der Waals surface area contributed by atoms with Crippen molar-refractivity contribution in [1.29, 1.82) is 0 Å². The van der Waals surface area contributed by atoms with E-state index in [1.54, 1.807) is 0 Å². The maximum atomic E-state index is 5.82. The number of rotatable bonds is 6. The fourth-order valence-corrected chi connectivity index (χ4v) is 2.54. The Kier molecular flexibility index (Phi) is 5.76. The summed E-state index contributed by atoms with van der Waals surface area (Å²) < 4.78 is 5.82. The molecule has 1 aliphatic rings. The second-order valence-electron chi connectivity index (χ2n) is 5.39. The molecule has 1 aromatic heterocycles. The lowest BCUT2D eigenvalue weighted by Gasteiger charge is -2.32. The van der Waals surface area contributed by atoms with Gasteiger partial charge in [0.2, 0.25) is 0 Å². The monoisotopic (exact) mass is 293 g/mol. The Labute approximate surface area is 127 Å². The Morgan fingerprint density at radius 3 is 2.57 bits per heavy atom. The minimum Gasteiger partial charge on any atom is -0.374 e. The van der Waals surface area contributed by atoms with Gasteiger partial charge >= 0.3 is 0 Å². The van der Waals surface area contributed by atoms with Gasteiger partial charge in [0.15, 0.2) is 0 Å². The van der Waals surface area contributed by atoms with Crippen LogP contribution in [-0.2, 0) is 4.74 Å². The van der Waals surface area contributed by atoms with E-state index < -0.39 is 0 Å². The molecule has 2 N–H and O–H groups in total. The summed E-state index contributed by atoms with van der Waals surface area (Å²) in [6, 6.07) is 0. The number of aromatic nitrogens is 2. The molecule has 1 fully saturated rings. The molecular formula is C15H27N5O. The van der Waals surface area contributed by atoms with Crippen molar-refractivity contribution in [3.63, 3.8) is 0 Å². The maximum absolute atomic E-state index is 5.82. The summed E-state index contributed by atoms with van der Waals surface area (Å²) in [7, 11) is 0. The molecule has 21 heavy (non-hydrogen) atoms. The van der Waals surface area contributed by atoms with E-state index in [1.165, 1.54) is 0 Å². The van der Waals surface area contributed by atoms with E-state index in [9.17, 15) is 0 Å². The molecule has 1 aliphatic heterocycles. The number of hydrogen-bond acceptors (Lipinski definition) is 6. The molecule has 0 saturated carbocycles. The van der Waals surface area contributed by atoms with E-state index in [0.29, 0.717) is 0 Å². The van der Waals surface area contributed by atoms with Crippen molar-refractivity contribution in [2.24, 2.45) is 0 Å². The number of morpholine rings is 1. The van der Waals surface area contributed by atoms with Crippen molar-refractivity contribution in [2.75, 3.05) is 50.0 Å². The standard InChI is InChI=1S/C15H27N5O/c1-5-16-14-11(3)15(19-12(4)18-14)17-9-13-10-20(6-2)7-8-21-13/h13H,5-10H2,1-4H3,(H2,16,17,18,19). The number of likely N-dealkylation sites (N-methyl/N-ethyl adjacent to an activating group) is 1. The molecule has 6 nitrogen and oxygen atoms in total. The summed E-state index contributed by atoms with van der Waals surface area (Å²) in [5.41, 5.74) is 1.06. The zero-order chi connectivity index (χ0) is 15.2. The van der Waals surface area contributed by atoms with E-state index >= 15 is 0 Å². The van der Waals surface area contributed by atoms with Crippen molar-refractivity contribution in [3.05, 3.63) is 11.4 Å². The molecule has 0 amide bonds. The van der Waals surface area contributed by atoms with E-state index in [4.69, 9.17) is 4.74 Å². The minimum atomic E-state index is 0.218. The van der Waals surface area contributed by atoms with Gasteiger partial charge < -0.3 is 15.4 Å². The van der Waals surface area contributed by atoms with Crippen LogP contribution in [0.5, 0.6) is 0 Å². The first-order valence-electron chi connectivity index (χ1n) is 7.81. The Bertz CT molecular complexity index is 466. The van der Waals surface area contributed by atoms with Crippen LogP contribution in [0.15, 0.2) is 0 Å². The van der Waals surface area contributed by atoms with Gasteiger partial charge in [-0.1, -0.05) is 6.92 Å². The third kappa shape index (κ3) is 4.28. The molecule has 0 radical (unpaired) electrons. The molecule has 6 heteroatoms. The Morgan fingerprint density at radius 2 is 1.90 bits per heavy atom. The first kappa shape index (κ1) is 16.0. The van der Waals surface area contributed by atoms with Crippen molar-refractivity contribution in [1.82, 2.24) is 14.9 Å². The number of anilines is 2. The summed E-state index contributed by atoms with van der Waals surface area (Å²) in [5, 5.41) is 6.70. The third-order valence-electron chi connectivity index (χ3n) is 3.77. The van der Waals surface area contributed by atoms with Crippen LogP contribution in [0.1, 0.15) is 25.2 Å². The van der Waals surface area contributed by atoms with Crippen LogP contribution in [0.4, 0.5) is 11.6 Å². The topological polar surface area (TPSA) is 62.3 Å². The van der Waals surface area contributed by atoms with Crippen LogP contribution >= 0.6 is 0 Å². The van der Waals surface area contributed by atoms with Gasteiger partial charge in [0.05, 0.1) is 12.7 Å². The number of hydrogen-bond donors (Lipinski definition) is 2. The molecule has 2 heterocycles. The van der Waals surface area contributed by atoms with Gasteiger partial charge in [0, 0.05) is 31.7 Å². The number of aryl methyl sites for hydroxylation is 1. The zero-order valence-electron chi connectivity index (χ0n) is 13.6. The second-order valence-corrected chi connectivity index (χ2v) is 5.39. The predicted octanol–water partition coefficient (Wildman–Crippen LogP) is 1.66. The smallest absolute Gasteiger partial charge is 0.134 e. The fourth-order valence-electron chi connectivity index (χ4n) is 2.54. The fraction of sp³-hybridized carbons (Fsp3) is 0.733. The summed E-state index contributed by atoms with van der Waals surface area (Å²) in [6.07, 6.45) is 0.218. The zero-order valence-corrected chi connectivity index (χ0v) is 13.6. The van der Waals surface area contributed by atoms with Gasteiger partial charge in [0.25, 0.3) is 0 Å². The molecule has 1 saturated heterocycles. The van der Waals surface area contributed by atoms with E-state index in [-0.39, 0.29) is 6.10 Å². The minimum absolute atomic E-state index is 0.218. The molecular weight excluding hydrogens is 266 g/mol. The largest absolute Gasteiger partial charge is 0.374 e. The molecule has 0 bridgehead atoms. The summed E-state index contributed by atoms with van der Waals surface area (Å²) >= 11 is 0. The molecule has 1 unspecified atom stereocenters. The van der Waals surface area contributed by atoms with Gasteiger partial charge in [0.1, 0.15) is 17.5 Å². The second kappa shape index (κ2) is 7.56. The lowest BCUT2D eigenvalue weighted by atomic mass is 10.2. The molecule has 1 aromatic rings. The number of nitrogens with one attached hydrogen (secondary N) is 2. The van der Waals surface area contributed by atoms with Crippen LogP contribution in [0.3, 0.4) is 0 Å². The van der Waals surface area contributed by atoms with Crippen LogP contribution in [0.2, 0.25) is 0 Å². The Morgan fingerprint density at radius 1 is 1.19 bits per heavy atom. The van der Waals surface area contributed by atoms with E-state index in [0.717, 1.165) is 62.4 Å². The van der Waals surface area contributed by atoms with Gasteiger partial charge in [-0.2, -0.15) is 0 Å². The summed E-state index contributed by atoms with van der Waals surface area (Å²) in [4.78, 5) is 11.4. The van der Waals surface area contributed by atoms with Crippen LogP contribution in [0, 0.1) is 13.8 Å². The lowest BCUT2D eigenvalue weighted by molar-refractivity contribution is -0.0192. The van der Waals surface area contributed by atoms with Crippen LogP contribution in [0.25, 0.3) is 0 Å². The average molecular weight is 293 g/mol. The van der Waals surface area contributed by atoms with Crippen LogP contribution in [-0.4, -0.2) is 60.3 Å². The van der Waals surface area contributed by atoms with Crippen molar-refractivity contribution >= 4 is 11.6 Å². The molecule has 0 spiro atoms. The highest BCUT2D eigenvalue weighted by molar-refractivity contribution is 5.57. The van der Waals surface area contributed by atoms with Crippen molar-refractivity contribution < 1.29 is 4.74 Å². The average Bonchev–Trinajstić information content (AvgIpc) is 2.49. The molecule has 1 atom stereocenters. The van der Waals surface area contributed by atoms with Crippen molar-refractivity contribution in [3.8, 4) is 0 Å². The van der Waals surface area contributed by atoms with Gasteiger partial charge in [-0.15, -0.1) is 0 Å². The molecule has 0 aromatic carbocycles. The quantitative estimate of drug-likeness (QED) is 0.832. The lowest BCUT2D eigenvalue weighted by Crippen LogP contribution is -2.45. The van der Waals surface area contributed by atoms with E-state index in [1.807, 2.05) is 13.8 Å². The highest BCUT2D eigenvalue weighted by Crippen LogP contribution is 2.20. The maximum Gasteiger partial charge on any atom is 0.134 e. The normalized spacial score (nSPS) is 19.5. The third-order valence-corrected chi connectivity index (χ3v) is 3.77. The first-order chi connectivity index (χ1) is 10.1. The Hall–Kier alpha value is -1.40. The SMILES string of the molecule is CCNc1nc(C)nc(NCC2CN(CC)CCO2)c1C. The number of nitrogens with zero attached hydrogens (tertiary/aromatic N) is 3. The molecule has 2 rings (SSSR count). The highest BCUT2D eigenvalue weighted by Gasteiger charge is 2.19. The molecule has 0 aliphatic carbocycles. The van der Waals surface area contributed by atoms with Gasteiger partial charge in [-0.25, -0.2) is 9.97 Å². The summed E-state index contributed by atoms with van der Waals surface area (Å²) in [5.74, 6) is 2.58. The van der Waals surface area contributed by atoms with Crippen LogP contribution < -0.4 is 10.6 Å². The van der Waals surface area contributed by atoms with E-state index in [2.05, 4.69) is 39.3 Å². The first-order valence-corrected chi connectivity index (χ1v) is 7.81. The summed E-state index contributed by atoms with van der Waals surface area (Å²) in [6.45, 7) is 13.8. The highest BCUT2D eigenvalue weighted by atomic mass is 16.5. The predicted molar refractivity (Wildman–Crippen MR) is 86.0 cm³/mol. The number of ether oxygens (including phenoxy) is 1. The Balaban J connectivity index is 1.99. The molecule has 118 valence electrons.